The first-order valence-electron chi connectivity index (χ1n) is 13.5. The summed E-state index contributed by atoms with van der Waals surface area (Å²) >= 11 is 0. The summed E-state index contributed by atoms with van der Waals surface area (Å²) in [4.78, 5) is 2.90. The van der Waals surface area contributed by atoms with Gasteiger partial charge in [-0.15, -0.1) is 0 Å². The molecule has 0 bridgehead atoms. The van der Waals surface area contributed by atoms with E-state index >= 15 is 0 Å². The summed E-state index contributed by atoms with van der Waals surface area (Å²) < 4.78 is 0. The lowest BCUT2D eigenvalue weighted by molar-refractivity contribution is 0.0717. The first kappa shape index (κ1) is 22.6. The van der Waals surface area contributed by atoms with Crippen molar-refractivity contribution >= 4 is 0 Å². The van der Waals surface area contributed by atoms with Crippen LogP contribution in [-0.2, 0) is 0 Å². The Balaban J connectivity index is 1.29. The second kappa shape index (κ2) is 12.6. The van der Waals surface area contributed by atoms with Crippen molar-refractivity contribution in [3.8, 4) is 0 Å². The van der Waals surface area contributed by atoms with E-state index in [1.54, 1.807) is 38.5 Å². The van der Waals surface area contributed by atoms with E-state index in [9.17, 15) is 0 Å². The molecule has 0 radical (unpaired) electrons. The first-order chi connectivity index (χ1) is 13.8. The molecule has 2 aliphatic carbocycles. The van der Waals surface area contributed by atoms with Crippen LogP contribution in [0.1, 0.15) is 129 Å². The fraction of sp³-hybridized carbons (Fsp3) is 1.00. The second-order valence-electron chi connectivity index (χ2n) is 10.8. The molecule has 0 N–H and O–H groups in total. The highest BCUT2D eigenvalue weighted by Crippen LogP contribution is 2.42. The van der Waals surface area contributed by atoms with Crippen LogP contribution in [0.2, 0.25) is 0 Å². The van der Waals surface area contributed by atoms with E-state index in [-0.39, 0.29) is 0 Å². The summed E-state index contributed by atoms with van der Waals surface area (Å²) in [7, 11) is 0. The van der Waals surface area contributed by atoms with Crippen molar-refractivity contribution in [2.75, 3.05) is 13.1 Å². The monoisotopic (exact) mass is 389 g/mol. The van der Waals surface area contributed by atoms with Gasteiger partial charge in [-0.05, 0) is 88.1 Å². The van der Waals surface area contributed by atoms with Gasteiger partial charge in [-0.1, -0.05) is 78.1 Å². The maximum absolute atomic E-state index is 2.90. The first-order valence-corrected chi connectivity index (χ1v) is 13.5. The molecule has 3 fully saturated rings. The Hall–Kier alpha value is -0.0400. The lowest BCUT2D eigenvalue weighted by atomic mass is 9.69. The third-order valence-electron chi connectivity index (χ3n) is 8.90. The Bertz CT molecular complexity index is 343. The second-order valence-corrected chi connectivity index (χ2v) is 10.8. The van der Waals surface area contributed by atoms with Crippen molar-refractivity contribution in [1.82, 2.24) is 4.90 Å². The number of piperidine rings is 1. The van der Waals surface area contributed by atoms with Crippen molar-refractivity contribution in [3.63, 3.8) is 0 Å². The lowest BCUT2D eigenvalue weighted by Gasteiger charge is -2.43. The molecule has 1 aliphatic heterocycles. The number of hydrogen-bond acceptors (Lipinski definition) is 1. The molecule has 1 saturated heterocycles. The molecule has 1 heterocycles. The highest BCUT2D eigenvalue weighted by atomic mass is 15.2. The van der Waals surface area contributed by atoms with Gasteiger partial charge in [-0.3, -0.25) is 0 Å². The van der Waals surface area contributed by atoms with E-state index in [1.807, 2.05) is 0 Å². The van der Waals surface area contributed by atoms with E-state index < -0.39 is 0 Å². The maximum atomic E-state index is 2.90. The third-order valence-corrected chi connectivity index (χ3v) is 8.90. The normalized spacial score (nSPS) is 33.2. The van der Waals surface area contributed by atoms with Gasteiger partial charge >= 0.3 is 0 Å². The molecule has 3 aliphatic rings. The van der Waals surface area contributed by atoms with Crippen LogP contribution in [0.15, 0.2) is 0 Å². The average molecular weight is 390 g/mol. The van der Waals surface area contributed by atoms with Crippen molar-refractivity contribution in [2.45, 2.75) is 135 Å². The molecule has 28 heavy (non-hydrogen) atoms. The summed E-state index contributed by atoms with van der Waals surface area (Å²) in [6.07, 6.45) is 27.0. The minimum absolute atomic E-state index is 0.943. The molecule has 1 nitrogen and oxygen atoms in total. The van der Waals surface area contributed by atoms with Crippen LogP contribution in [0, 0.1) is 23.7 Å². The fourth-order valence-electron chi connectivity index (χ4n) is 6.86. The fourth-order valence-corrected chi connectivity index (χ4v) is 6.86. The minimum atomic E-state index is 0.943. The number of hydrogen-bond donors (Lipinski definition) is 0. The Labute approximate surface area is 177 Å². The van der Waals surface area contributed by atoms with Gasteiger partial charge in [0.05, 0.1) is 0 Å². The van der Waals surface area contributed by atoms with Crippen LogP contribution in [-0.4, -0.2) is 24.0 Å². The number of likely N-dealkylation sites (tertiary alicyclic amines) is 1. The van der Waals surface area contributed by atoms with Gasteiger partial charge in [0.15, 0.2) is 0 Å². The highest BCUT2D eigenvalue weighted by molar-refractivity contribution is 4.87. The van der Waals surface area contributed by atoms with E-state index in [1.165, 1.54) is 90.1 Å². The Kier molecular flexibility index (Phi) is 10.2. The van der Waals surface area contributed by atoms with Crippen molar-refractivity contribution < 1.29 is 0 Å². The Morgan fingerprint density at radius 2 is 1.00 bits per heavy atom. The van der Waals surface area contributed by atoms with Crippen molar-refractivity contribution in [1.29, 1.82) is 0 Å². The number of nitrogens with zero attached hydrogens (tertiary/aromatic N) is 1. The molecule has 0 aromatic rings. The van der Waals surface area contributed by atoms with Crippen LogP contribution < -0.4 is 0 Å². The molecule has 2 saturated carbocycles. The van der Waals surface area contributed by atoms with Gasteiger partial charge in [0.1, 0.15) is 0 Å². The van der Waals surface area contributed by atoms with Crippen LogP contribution >= 0.6 is 0 Å². The summed E-state index contributed by atoms with van der Waals surface area (Å²) in [5, 5.41) is 0. The Morgan fingerprint density at radius 1 is 0.536 bits per heavy atom. The van der Waals surface area contributed by atoms with E-state index in [2.05, 4.69) is 18.7 Å². The largest absolute Gasteiger partial charge is 0.300 e. The van der Waals surface area contributed by atoms with Crippen LogP contribution in [0.5, 0.6) is 0 Å². The Morgan fingerprint density at radius 3 is 1.50 bits per heavy atom. The molecular formula is C27H51N. The van der Waals surface area contributed by atoms with E-state index in [0.29, 0.717) is 0 Å². The van der Waals surface area contributed by atoms with E-state index in [0.717, 1.165) is 29.7 Å². The highest BCUT2D eigenvalue weighted by Gasteiger charge is 2.33. The summed E-state index contributed by atoms with van der Waals surface area (Å²) in [6, 6.07) is 0.943. The SMILES string of the molecule is CCCCCC1CCC(C2CCC(N3CCC(CCCCC)CC3)CC2)CC1. The zero-order chi connectivity index (χ0) is 19.6. The van der Waals surface area contributed by atoms with Gasteiger partial charge in [0.2, 0.25) is 0 Å². The van der Waals surface area contributed by atoms with Gasteiger partial charge in [-0.2, -0.15) is 0 Å². The summed E-state index contributed by atoms with van der Waals surface area (Å²) in [5.41, 5.74) is 0. The molecule has 0 aromatic heterocycles. The third kappa shape index (κ3) is 7.03. The van der Waals surface area contributed by atoms with E-state index in [4.69, 9.17) is 0 Å². The van der Waals surface area contributed by atoms with Crippen molar-refractivity contribution in [2.24, 2.45) is 23.7 Å². The molecule has 0 amide bonds. The van der Waals surface area contributed by atoms with Crippen LogP contribution in [0.25, 0.3) is 0 Å². The maximum Gasteiger partial charge on any atom is 0.00954 e. The molecule has 3 rings (SSSR count). The summed E-state index contributed by atoms with van der Waals surface area (Å²) in [5.74, 6) is 4.30. The molecule has 0 aromatic carbocycles. The number of rotatable bonds is 10. The standard InChI is InChI=1S/C27H51N/c1-3-5-7-9-23-11-13-25(14-12-23)26-15-17-27(18-16-26)28-21-19-24(20-22-28)10-8-6-4-2/h23-27H,3-22H2,1-2H3. The zero-order valence-corrected chi connectivity index (χ0v) is 19.5. The predicted octanol–water partition coefficient (Wildman–Crippen LogP) is 8.22. The van der Waals surface area contributed by atoms with Gasteiger partial charge in [0.25, 0.3) is 0 Å². The van der Waals surface area contributed by atoms with Gasteiger partial charge in [0, 0.05) is 6.04 Å². The van der Waals surface area contributed by atoms with Gasteiger partial charge in [-0.25, -0.2) is 0 Å². The molecular weight excluding hydrogens is 338 g/mol. The molecule has 0 unspecified atom stereocenters. The average Bonchev–Trinajstić information content (AvgIpc) is 2.75. The van der Waals surface area contributed by atoms with Gasteiger partial charge < -0.3 is 4.90 Å². The smallest absolute Gasteiger partial charge is 0.00954 e. The molecule has 0 spiro atoms. The quantitative estimate of drug-likeness (QED) is 0.340. The summed E-state index contributed by atoms with van der Waals surface area (Å²) in [6.45, 7) is 7.49. The zero-order valence-electron chi connectivity index (χ0n) is 19.5. The predicted molar refractivity (Wildman–Crippen MR) is 124 cm³/mol. The van der Waals surface area contributed by atoms with Crippen molar-refractivity contribution in [3.05, 3.63) is 0 Å². The lowest BCUT2D eigenvalue weighted by Crippen LogP contribution is -2.43. The minimum Gasteiger partial charge on any atom is -0.300 e. The topological polar surface area (TPSA) is 3.24 Å². The molecule has 0 atom stereocenters. The molecule has 164 valence electrons. The number of unbranched alkanes of at least 4 members (excludes halogenated alkanes) is 4. The van der Waals surface area contributed by atoms with Crippen LogP contribution in [0.3, 0.4) is 0 Å². The molecule has 1 heteroatoms. The van der Waals surface area contributed by atoms with Crippen LogP contribution in [0.4, 0.5) is 0 Å².